The highest BCUT2D eigenvalue weighted by Gasteiger charge is 2.40. The molecule has 9 heteroatoms. The smallest absolute Gasteiger partial charge is 0.343 e. The summed E-state index contributed by atoms with van der Waals surface area (Å²) in [5.74, 6) is -1.98. The van der Waals surface area contributed by atoms with Crippen LogP contribution in [0.5, 0.6) is 11.5 Å². The first-order valence-corrected chi connectivity index (χ1v) is 12.0. The molecule has 3 aromatic rings. The van der Waals surface area contributed by atoms with E-state index in [4.69, 9.17) is 9.47 Å². The zero-order chi connectivity index (χ0) is 25.7. The van der Waals surface area contributed by atoms with Crippen LogP contribution in [0.3, 0.4) is 0 Å². The molecule has 0 spiro atoms. The number of carbonyl (C=O) groups is 3. The van der Waals surface area contributed by atoms with Crippen LogP contribution in [0.25, 0.3) is 0 Å². The summed E-state index contributed by atoms with van der Waals surface area (Å²) < 4.78 is 11.4. The molecule has 1 fully saturated rings. The molecular weight excluding hydrogens is 526 g/mol. The summed E-state index contributed by atoms with van der Waals surface area (Å²) in [7, 11) is 1.45. The number of ether oxygens (including phenoxy) is 2. The van der Waals surface area contributed by atoms with E-state index in [0.29, 0.717) is 27.9 Å². The highest BCUT2D eigenvalue weighted by Crippen LogP contribution is 2.37. The highest BCUT2D eigenvalue weighted by molar-refractivity contribution is 9.10. The lowest BCUT2D eigenvalue weighted by Crippen LogP contribution is -2.34. The molecule has 0 radical (unpaired) electrons. The van der Waals surface area contributed by atoms with E-state index in [1.807, 2.05) is 49.4 Å². The van der Waals surface area contributed by atoms with E-state index in [2.05, 4.69) is 31.8 Å². The van der Waals surface area contributed by atoms with Gasteiger partial charge < -0.3 is 14.8 Å². The second-order valence-corrected chi connectivity index (χ2v) is 9.12. The lowest BCUT2D eigenvalue weighted by atomic mass is 9.88. The number of amides is 2. The molecule has 1 aliphatic rings. The predicted molar refractivity (Wildman–Crippen MR) is 138 cm³/mol. The molecule has 36 heavy (non-hydrogen) atoms. The van der Waals surface area contributed by atoms with Crippen LogP contribution in [0.15, 0.2) is 76.3 Å². The third-order valence-corrected chi connectivity index (χ3v) is 6.40. The van der Waals surface area contributed by atoms with Crippen molar-refractivity contribution in [1.82, 2.24) is 10.7 Å². The molecular formula is C27H24BrN3O5. The van der Waals surface area contributed by atoms with E-state index in [1.165, 1.54) is 13.3 Å². The van der Waals surface area contributed by atoms with Gasteiger partial charge in [-0.1, -0.05) is 48.0 Å². The van der Waals surface area contributed by atoms with Crippen molar-refractivity contribution in [2.45, 2.75) is 12.8 Å². The van der Waals surface area contributed by atoms with Gasteiger partial charge in [0.25, 0.3) is 5.91 Å². The van der Waals surface area contributed by atoms with Gasteiger partial charge in [-0.2, -0.15) is 5.10 Å². The summed E-state index contributed by atoms with van der Waals surface area (Å²) in [5, 5.41) is 6.77. The average Bonchev–Trinajstić information content (AvgIpc) is 3.27. The van der Waals surface area contributed by atoms with Gasteiger partial charge >= 0.3 is 5.97 Å². The van der Waals surface area contributed by atoms with Crippen LogP contribution in [0.2, 0.25) is 0 Å². The maximum Gasteiger partial charge on any atom is 0.343 e. The predicted octanol–water partition coefficient (Wildman–Crippen LogP) is 3.97. The number of methoxy groups -OCH3 is 1. The van der Waals surface area contributed by atoms with Crippen molar-refractivity contribution in [2.75, 3.05) is 13.7 Å². The van der Waals surface area contributed by atoms with Crippen molar-refractivity contribution in [3.05, 3.63) is 93.5 Å². The van der Waals surface area contributed by atoms with Crippen molar-refractivity contribution in [3.63, 3.8) is 0 Å². The fourth-order valence-corrected chi connectivity index (χ4v) is 4.47. The molecule has 0 aromatic heterocycles. The average molecular weight is 550 g/mol. The van der Waals surface area contributed by atoms with E-state index in [-0.39, 0.29) is 17.6 Å². The molecule has 1 saturated heterocycles. The quantitative estimate of drug-likeness (QED) is 0.152. The van der Waals surface area contributed by atoms with Crippen molar-refractivity contribution in [3.8, 4) is 11.5 Å². The van der Waals surface area contributed by atoms with Gasteiger partial charge in [0, 0.05) is 12.5 Å². The first-order valence-electron chi connectivity index (χ1n) is 11.2. The Morgan fingerprint density at radius 1 is 1.11 bits per heavy atom. The fourth-order valence-electron chi connectivity index (χ4n) is 3.93. The molecule has 2 atom stereocenters. The maximum absolute atomic E-state index is 12.8. The van der Waals surface area contributed by atoms with Gasteiger partial charge in [0.1, 0.15) is 5.92 Å². The van der Waals surface area contributed by atoms with E-state index < -0.39 is 17.8 Å². The Morgan fingerprint density at radius 2 is 1.83 bits per heavy atom. The number of hydrogen-bond donors (Lipinski definition) is 2. The lowest BCUT2D eigenvalue weighted by Gasteiger charge is -2.15. The van der Waals surface area contributed by atoms with Crippen molar-refractivity contribution in [1.29, 1.82) is 0 Å². The number of carbonyl (C=O) groups excluding carboxylic acids is 3. The molecule has 2 amide bonds. The molecule has 8 nitrogen and oxygen atoms in total. The first-order chi connectivity index (χ1) is 17.4. The van der Waals surface area contributed by atoms with E-state index in [9.17, 15) is 14.4 Å². The molecule has 0 bridgehead atoms. The van der Waals surface area contributed by atoms with Crippen molar-refractivity contribution in [2.24, 2.45) is 11.0 Å². The Kier molecular flexibility index (Phi) is 7.80. The number of halogens is 1. The third-order valence-electron chi connectivity index (χ3n) is 5.81. The Bertz CT molecular complexity index is 1310. The zero-order valence-electron chi connectivity index (χ0n) is 19.7. The molecule has 184 valence electrons. The van der Waals surface area contributed by atoms with Gasteiger partial charge in [0.15, 0.2) is 11.5 Å². The molecule has 0 unspecified atom stereocenters. The van der Waals surface area contributed by atoms with Crippen molar-refractivity contribution >= 4 is 39.9 Å². The zero-order valence-corrected chi connectivity index (χ0v) is 21.2. The number of nitrogens with one attached hydrogen (secondary N) is 2. The number of esters is 1. The van der Waals surface area contributed by atoms with Crippen LogP contribution in [0, 0.1) is 12.8 Å². The summed E-state index contributed by atoms with van der Waals surface area (Å²) >= 11 is 3.41. The van der Waals surface area contributed by atoms with Gasteiger partial charge in [-0.25, -0.2) is 10.2 Å². The molecule has 0 aliphatic carbocycles. The molecule has 4 rings (SSSR count). The SMILES string of the molecule is COc1cc(/C=N/NC(=O)[C@H]2C(=O)NC[C@H]2c2ccccc2)cc(Br)c1OC(=O)c1ccc(C)cc1. The molecule has 3 aromatic carbocycles. The largest absolute Gasteiger partial charge is 0.493 e. The third kappa shape index (κ3) is 5.63. The standard InChI is InChI=1S/C27H24BrN3O5/c1-16-8-10-19(11-9-16)27(34)36-24-21(28)12-17(13-22(24)35-2)14-30-31-26(33)23-20(15-29-25(23)32)18-6-4-3-5-7-18/h3-14,20,23H,15H2,1-2H3,(H,29,32)(H,31,33)/b30-14+/t20-,23+/m0/s1. The van der Waals surface area contributed by atoms with E-state index in [0.717, 1.165) is 11.1 Å². The molecule has 1 heterocycles. The summed E-state index contributed by atoms with van der Waals surface area (Å²) in [6, 6.07) is 19.7. The van der Waals surface area contributed by atoms with Crippen LogP contribution in [-0.4, -0.2) is 37.7 Å². The number of benzene rings is 3. The summed E-state index contributed by atoms with van der Waals surface area (Å²) in [5.41, 5.74) is 5.38. The number of aryl methyl sites for hydroxylation is 1. The fraction of sp³-hybridized carbons (Fsp3) is 0.185. The topological polar surface area (TPSA) is 106 Å². The second-order valence-electron chi connectivity index (χ2n) is 8.26. The Labute approximate surface area is 216 Å². The van der Waals surface area contributed by atoms with E-state index in [1.54, 1.807) is 24.3 Å². The van der Waals surface area contributed by atoms with Crippen molar-refractivity contribution < 1.29 is 23.9 Å². The van der Waals surface area contributed by atoms with Gasteiger partial charge in [0.05, 0.1) is 23.4 Å². The van der Waals surface area contributed by atoms with Crippen LogP contribution < -0.4 is 20.2 Å². The van der Waals surface area contributed by atoms with E-state index >= 15 is 0 Å². The summed E-state index contributed by atoms with van der Waals surface area (Å²) in [4.78, 5) is 37.6. The maximum atomic E-state index is 12.8. The molecule has 1 aliphatic heterocycles. The van der Waals surface area contributed by atoms with Crippen LogP contribution in [-0.2, 0) is 9.59 Å². The number of nitrogens with zero attached hydrogens (tertiary/aromatic N) is 1. The minimum Gasteiger partial charge on any atom is -0.493 e. The Morgan fingerprint density at radius 3 is 2.53 bits per heavy atom. The highest BCUT2D eigenvalue weighted by atomic mass is 79.9. The van der Waals surface area contributed by atoms with Gasteiger partial charge in [-0.15, -0.1) is 0 Å². The number of rotatable bonds is 7. The summed E-state index contributed by atoms with van der Waals surface area (Å²) in [6.07, 6.45) is 1.42. The number of hydrazone groups is 1. The lowest BCUT2D eigenvalue weighted by molar-refractivity contribution is -0.133. The second kappa shape index (κ2) is 11.2. The number of hydrogen-bond acceptors (Lipinski definition) is 6. The van der Waals surface area contributed by atoms with Gasteiger partial charge in [-0.3, -0.25) is 9.59 Å². The Hall–Kier alpha value is -3.98. The minimum absolute atomic E-state index is 0.220. The van der Waals surface area contributed by atoms with Crippen LogP contribution in [0.1, 0.15) is 33.0 Å². The summed E-state index contributed by atoms with van der Waals surface area (Å²) in [6.45, 7) is 2.32. The monoisotopic (exact) mass is 549 g/mol. The Balaban J connectivity index is 1.46. The van der Waals surface area contributed by atoms with Crippen LogP contribution >= 0.6 is 15.9 Å². The van der Waals surface area contributed by atoms with Gasteiger partial charge in [0.2, 0.25) is 5.91 Å². The van der Waals surface area contributed by atoms with Crippen LogP contribution in [0.4, 0.5) is 0 Å². The minimum atomic E-state index is -0.880. The van der Waals surface area contributed by atoms with Gasteiger partial charge in [-0.05, 0) is 58.2 Å². The first kappa shape index (κ1) is 25.1. The normalized spacial score (nSPS) is 17.0. The molecule has 0 saturated carbocycles. The molecule has 2 N–H and O–H groups in total.